The molecule has 6 heteroatoms. The van der Waals surface area contributed by atoms with Crippen molar-refractivity contribution in [2.24, 2.45) is 0 Å². The molecule has 0 aromatic heterocycles. The molecule has 1 heterocycles. The predicted molar refractivity (Wildman–Crippen MR) is 114 cm³/mol. The summed E-state index contributed by atoms with van der Waals surface area (Å²) in [5.74, 6) is 1.61. The lowest BCUT2D eigenvalue weighted by atomic mass is 10.1. The monoisotopic (exact) mass is 399 g/mol. The van der Waals surface area contributed by atoms with E-state index < -0.39 is 0 Å². The smallest absolute Gasteiger partial charge is 0.263 e. The molecular weight excluding hydrogens is 378 g/mol. The van der Waals surface area contributed by atoms with Crippen molar-refractivity contribution in [3.05, 3.63) is 64.1 Å². The second-order valence-corrected chi connectivity index (χ2v) is 7.91. The summed E-state index contributed by atoms with van der Waals surface area (Å²) in [4.78, 5) is 12.3. The Labute approximate surface area is 168 Å². The van der Waals surface area contributed by atoms with Crippen molar-refractivity contribution in [2.45, 2.75) is 20.3 Å². The fraction of sp³-hybridized carbons (Fsp3) is 0.238. The van der Waals surface area contributed by atoms with Gasteiger partial charge in [0.15, 0.2) is 0 Å². The molecule has 1 fully saturated rings. The average Bonchev–Trinajstić information content (AvgIpc) is 2.95. The fourth-order valence-electron chi connectivity index (χ4n) is 2.68. The third-order valence-corrected chi connectivity index (χ3v) is 5.20. The van der Waals surface area contributed by atoms with E-state index in [1.54, 1.807) is 0 Å². The van der Waals surface area contributed by atoms with E-state index in [1.165, 1.54) is 11.8 Å². The Kier molecular flexibility index (Phi) is 6.53. The standard InChI is InChI=1S/C21H21NO3S2/c1-14-5-3-6-15(2)19(14)25-12-4-11-24-17-9-7-16(8-10-17)13-18-20(23)22-21(26)27-18/h3,5-10,13H,4,11-12H2,1-2H3,(H,22,23,26)/b18-13+. The third kappa shape index (κ3) is 5.34. The summed E-state index contributed by atoms with van der Waals surface area (Å²) in [5.41, 5.74) is 3.23. The minimum Gasteiger partial charge on any atom is -0.493 e. The molecule has 0 radical (unpaired) electrons. The van der Waals surface area contributed by atoms with Crippen LogP contribution in [0.4, 0.5) is 0 Å². The zero-order valence-corrected chi connectivity index (χ0v) is 16.9. The van der Waals surface area contributed by atoms with E-state index in [4.69, 9.17) is 21.7 Å². The van der Waals surface area contributed by atoms with Crippen LogP contribution in [0.1, 0.15) is 23.1 Å². The van der Waals surface area contributed by atoms with Gasteiger partial charge in [0.2, 0.25) is 0 Å². The molecular formula is C21H21NO3S2. The highest BCUT2D eigenvalue weighted by atomic mass is 32.2. The number of rotatable bonds is 7. The number of amides is 1. The van der Waals surface area contributed by atoms with E-state index in [9.17, 15) is 4.79 Å². The van der Waals surface area contributed by atoms with Crippen molar-refractivity contribution >= 4 is 40.3 Å². The summed E-state index contributed by atoms with van der Waals surface area (Å²) in [7, 11) is 0. The van der Waals surface area contributed by atoms with E-state index in [0.717, 1.165) is 34.6 Å². The highest BCUT2D eigenvalue weighted by Crippen LogP contribution is 2.26. The molecule has 1 aliphatic heterocycles. The van der Waals surface area contributed by atoms with E-state index in [2.05, 4.69) is 31.3 Å². The Balaban J connectivity index is 1.45. The van der Waals surface area contributed by atoms with E-state index in [0.29, 0.717) is 22.4 Å². The van der Waals surface area contributed by atoms with Crippen LogP contribution in [-0.2, 0) is 4.79 Å². The molecule has 2 aromatic rings. The summed E-state index contributed by atoms with van der Waals surface area (Å²) < 4.78 is 12.1. The molecule has 3 rings (SSSR count). The molecule has 140 valence electrons. The minimum atomic E-state index is -0.144. The molecule has 1 amide bonds. The van der Waals surface area contributed by atoms with Gasteiger partial charge in [0.05, 0.1) is 18.1 Å². The number of thiocarbonyl (C=S) groups is 1. The van der Waals surface area contributed by atoms with Gasteiger partial charge in [-0.2, -0.15) is 0 Å². The molecule has 1 aliphatic rings. The lowest BCUT2D eigenvalue weighted by Gasteiger charge is -2.12. The largest absolute Gasteiger partial charge is 0.493 e. The number of nitrogens with one attached hydrogen (secondary N) is 1. The summed E-state index contributed by atoms with van der Waals surface area (Å²) in [6.07, 6.45) is 2.62. The van der Waals surface area contributed by atoms with Gasteiger partial charge >= 0.3 is 0 Å². The van der Waals surface area contributed by atoms with Gasteiger partial charge in [-0.1, -0.05) is 54.3 Å². The van der Waals surface area contributed by atoms with Crippen molar-refractivity contribution < 1.29 is 14.3 Å². The number of carbonyl (C=O) groups is 1. The van der Waals surface area contributed by atoms with Crippen LogP contribution in [-0.4, -0.2) is 23.4 Å². The van der Waals surface area contributed by atoms with Gasteiger partial charge in [-0.25, -0.2) is 0 Å². The average molecular weight is 400 g/mol. The van der Waals surface area contributed by atoms with Gasteiger partial charge in [0, 0.05) is 6.42 Å². The first-order valence-corrected chi connectivity index (χ1v) is 9.92. The highest BCUT2D eigenvalue weighted by molar-refractivity contribution is 8.26. The minimum absolute atomic E-state index is 0.144. The molecule has 0 spiro atoms. The van der Waals surface area contributed by atoms with Crippen LogP contribution < -0.4 is 14.8 Å². The fourth-order valence-corrected chi connectivity index (χ4v) is 3.73. The zero-order chi connectivity index (χ0) is 19.2. The van der Waals surface area contributed by atoms with Crippen molar-refractivity contribution in [1.82, 2.24) is 5.32 Å². The van der Waals surface area contributed by atoms with E-state index in [1.807, 2.05) is 36.4 Å². The first-order valence-electron chi connectivity index (χ1n) is 8.69. The number of benzene rings is 2. The third-order valence-electron chi connectivity index (χ3n) is 4.03. The molecule has 1 N–H and O–H groups in total. The Morgan fingerprint density at radius 3 is 2.33 bits per heavy atom. The Bertz CT molecular complexity index is 855. The number of para-hydroxylation sites is 1. The number of ether oxygens (including phenoxy) is 2. The lowest BCUT2D eigenvalue weighted by Crippen LogP contribution is -2.17. The van der Waals surface area contributed by atoms with E-state index in [-0.39, 0.29) is 5.91 Å². The van der Waals surface area contributed by atoms with Crippen LogP contribution in [0.5, 0.6) is 11.5 Å². The van der Waals surface area contributed by atoms with Crippen LogP contribution in [0.3, 0.4) is 0 Å². The second kappa shape index (κ2) is 9.06. The normalized spacial score (nSPS) is 15.1. The molecule has 0 saturated carbocycles. The number of hydrogen-bond donors (Lipinski definition) is 1. The van der Waals surface area contributed by atoms with Gasteiger partial charge in [0.25, 0.3) is 5.91 Å². The van der Waals surface area contributed by atoms with Crippen molar-refractivity contribution in [1.29, 1.82) is 0 Å². The van der Waals surface area contributed by atoms with Crippen LogP contribution in [0, 0.1) is 13.8 Å². The molecule has 0 bridgehead atoms. The van der Waals surface area contributed by atoms with Crippen molar-refractivity contribution in [3.63, 3.8) is 0 Å². The molecule has 27 heavy (non-hydrogen) atoms. The maximum absolute atomic E-state index is 11.7. The van der Waals surface area contributed by atoms with Crippen LogP contribution >= 0.6 is 24.0 Å². The van der Waals surface area contributed by atoms with Gasteiger partial charge in [-0.05, 0) is 48.7 Å². The van der Waals surface area contributed by atoms with E-state index >= 15 is 0 Å². The lowest BCUT2D eigenvalue weighted by molar-refractivity contribution is -0.115. The van der Waals surface area contributed by atoms with Crippen LogP contribution in [0.2, 0.25) is 0 Å². The van der Waals surface area contributed by atoms with Gasteiger partial charge in [-0.15, -0.1) is 0 Å². The number of aryl methyl sites for hydroxylation is 2. The van der Waals surface area contributed by atoms with Crippen LogP contribution in [0.15, 0.2) is 47.4 Å². The van der Waals surface area contributed by atoms with Crippen molar-refractivity contribution in [2.75, 3.05) is 13.2 Å². The Morgan fingerprint density at radius 1 is 1.04 bits per heavy atom. The highest BCUT2D eigenvalue weighted by Gasteiger charge is 2.21. The molecule has 0 aliphatic carbocycles. The summed E-state index contributed by atoms with van der Waals surface area (Å²) in [6.45, 7) is 5.30. The molecule has 0 atom stereocenters. The first-order chi connectivity index (χ1) is 13.0. The topological polar surface area (TPSA) is 47.6 Å². The summed E-state index contributed by atoms with van der Waals surface area (Å²) >= 11 is 6.26. The maximum atomic E-state index is 11.7. The predicted octanol–water partition coefficient (Wildman–Crippen LogP) is 4.64. The first kappa shape index (κ1) is 19.5. The quantitative estimate of drug-likeness (QED) is 0.418. The zero-order valence-electron chi connectivity index (χ0n) is 15.3. The van der Waals surface area contributed by atoms with Crippen molar-refractivity contribution in [3.8, 4) is 11.5 Å². The van der Waals surface area contributed by atoms with Crippen LogP contribution in [0.25, 0.3) is 6.08 Å². The molecule has 1 saturated heterocycles. The number of carbonyl (C=O) groups excluding carboxylic acids is 1. The summed E-state index contributed by atoms with van der Waals surface area (Å²) in [5, 5.41) is 2.61. The van der Waals surface area contributed by atoms with Gasteiger partial charge in [-0.3, -0.25) is 4.79 Å². The Hall–Kier alpha value is -2.31. The maximum Gasteiger partial charge on any atom is 0.263 e. The SMILES string of the molecule is Cc1cccc(C)c1OCCCOc1ccc(/C=C2/SC(=S)NC2=O)cc1. The number of hydrogen-bond acceptors (Lipinski definition) is 5. The molecule has 4 nitrogen and oxygen atoms in total. The molecule has 2 aromatic carbocycles. The van der Waals surface area contributed by atoms with Gasteiger partial charge in [0.1, 0.15) is 15.8 Å². The van der Waals surface area contributed by atoms with Gasteiger partial charge < -0.3 is 14.8 Å². The molecule has 0 unspecified atom stereocenters. The number of thioether (sulfide) groups is 1. The second-order valence-electron chi connectivity index (χ2n) is 6.19. The summed E-state index contributed by atoms with van der Waals surface area (Å²) in [6, 6.07) is 13.8. The Morgan fingerprint density at radius 2 is 1.70 bits per heavy atom.